The number of fused-ring (bicyclic) bond motifs is 5. The van der Waals surface area contributed by atoms with E-state index in [1.165, 1.54) is 33.4 Å². The van der Waals surface area contributed by atoms with E-state index in [4.69, 9.17) is 9.47 Å². The number of piperidine rings is 1. The topological polar surface area (TPSA) is 38.8 Å². The Bertz CT molecular complexity index is 1510. The molecular weight excluding hydrogens is 494 g/mol. The largest absolute Gasteiger partial charge is 0.489 e. The van der Waals surface area contributed by atoms with Gasteiger partial charge in [0.05, 0.1) is 6.04 Å². The van der Waals surface area contributed by atoms with Crippen LogP contribution in [0.3, 0.4) is 0 Å². The number of nitrogens with zero attached hydrogens (tertiary/aromatic N) is 1. The van der Waals surface area contributed by atoms with Crippen molar-refractivity contribution in [2.45, 2.75) is 50.3 Å². The van der Waals surface area contributed by atoms with E-state index in [2.05, 4.69) is 84.9 Å². The van der Waals surface area contributed by atoms with Gasteiger partial charge in [0.1, 0.15) is 19.0 Å². The van der Waals surface area contributed by atoms with Gasteiger partial charge in [0.2, 0.25) is 0 Å². The molecule has 0 spiro atoms. The lowest BCUT2D eigenvalue weighted by atomic mass is 9.83. The highest BCUT2D eigenvalue weighted by Crippen LogP contribution is 2.45. The van der Waals surface area contributed by atoms with E-state index in [-0.39, 0.29) is 24.1 Å². The fourth-order valence-corrected chi connectivity index (χ4v) is 6.72. The van der Waals surface area contributed by atoms with E-state index < -0.39 is 0 Å². The maximum atomic E-state index is 13.6. The van der Waals surface area contributed by atoms with Gasteiger partial charge in [-0.2, -0.15) is 0 Å². The molecule has 2 unspecified atom stereocenters. The van der Waals surface area contributed by atoms with Crippen LogP contribution < -0.4 is 4.74 Å². The number of hydrogen-bond donors (Lipinski definition) is 0. The molecule has 1 saturated heterocycles. The lowest BCUT2D eigenvalue weighted by Crippen LogP contribution is -2.51. The minimum absolute atomic E-state index is 0.0621. The number of carbonyl (C=O) groups is 1. The van der Waals surface area contributed by atoms with Crippen molar-refractivity contribution in [3.05, 3.63) is 131 Å². The number of hydrogen-bond acceptors (Lipinski definition) is 3. The van der Waals surface area contributed by atoms with E-state index in [0.29, 0.717) is 13.2 Å². The minimum atomic E-state index is -0.188. The Hall–Kier alpha value is -4.31. The summed E-state index contributed by atoms with van der Waals surface area (Å²) in [4.78, 5) is 15.6. The molecule has 4 heteroatoms. The molecule has 40 heavy (non-hydrogen) atoms. The summed E-state index contributed by atoms with van der Waals surface area (Å²) in [5.74, 6) is 0.942. The van der Waals surface area contributed by atoms with Gasteiger partial charge in [-0.25, -0.2) is 4.79 Å². The average molecular weight is 528 g/mol. The van der Waals surface area contributed by atoms with Crippen LogP contribution in [-0.4, -0.2) is 29.7 Å². The van der Waals surface area contributed by atoms with Crippen molar-refractivity contribution < 1.29 is 14.3 Å². The summed E-state index contributed by atoms with van der Waals surface area (Å²) >= 11 is 0. The second-order valence-electron chi connectivity index (χ2n) is 11.1. The summed E-state index contributed by atoms with van der Waals surface area (Å²) in [7, 11) is 0. The van der Waals surface area contributed by atoms with Crippen molar-refractivity contribution in [3.63, 3.8) is 0 Å². The van der Waals surface area contributed by atoms with E-state index >= 15 is 0 Å². The molecular formula is C36H33NO3. The summed E-state index contributed by atoms with van der Waals surface area (Å²) in [5.41, 5.74) is 8.60. The van der Waals surface area contributed by atoms with Crippen molar-refractivity contribution >= 4 is 11.7 Å². The lowest BCUT2D eigenvalue weighted by molar-refractivity contribution is 0.0539. The van der Waals surface area contributed by atoms with Crippen molar-refractivity contribution in [2.24, 2.45) is 0 Å². The molecule has 0 saturated carbocycles. The lowest BCUT2D eigenvalue weighted by Gasteiger charge is -2.44. The molecule has 2 aliphatic heterocycles. The zero-order valence-corrected chi connectivity index (χ0v) is 22.5. The molecule has 2 bridgehead atoms. The second kappa shape index (κ2) is 10.7. The SMILES string of the molecule is O=C(OCC1c2ccccc2-c2ccccc21)N1C2C=C(c3cccc(OCc4ccccc4)c3)CC1CCC2. The van der Waals surface area contributed by atoms with Gasteiger partial charge in [-0.1, -0.05) is 97.1 Å². The van der Waals surface area contributed by atoms with Gasteiger partial charge >= 0.3 is 6.09 Å². The summed E-state index contributed by atoms with van der Waals surface area (Å²) in [6.45, 7) is 0.907. The second-order valence-corrected chi connectivity index (χ2v) is 11.1. The molecule has 0 N–H and O–H groups in total. The Kier molecular flexibility index (Phi) is 6.60. The quantitative estimate of drug-likeness (QED) is 0.254. The van der Waals surface area contributed by atoms with Crippen LogP contribution in [0.2, 0.25) is 0 Å². The number of carbonyl (C=O) groups excluding carboxylic acids is 1. The monoisotopic (exact) mass is 527 g/mol. The maximum Gasteiger partial charge on any atom is 0.410 e. The molecule has 4 nitrogen and oxygen atoms in total. The first-order valence-electron chi connectivity index (χ1n) is 14.4. The van der Waals surface area contributed by atoms with Gasteiger partial charge in [0.25, 0.3) is 0 Å². The highest BCUT2D eigenvalue weighted by molar-refractivity contribution is 5.79. The fraction of sp³-hybridized carbons (Fsp3) is 0.250. The summed E-state index contributed by atoms with van der Waals surface area (Å²) in [6, 6.07) is 35.8. The molecule has 3 aliphatic rings. The van der Waals surface area contributed by atoms with Gasteiger partial charge in [0, 0.05) is 12.0 Å². The van der Waals surface area contributed by atoms with Crippen LogP contribution in [0, 0.1) is 0 Å². The van der Waals surface area contributed by atoms with Crippen molar-refractivity contribution in [1.82, 2.24) is 4.90 Å². The Morgan fingerprint density at radius 2 is 1.52 bits per heavy atom. The Labute approximate surface area is 235 Å². The molecule has 2 atom stereocenters. The molecule has 4 aromatic rings. The zero-order valence-electron chi connectivity index (χ0n) is 22.5. The fourth-order valence-electron chi connectivity index (χ4n) is 6.72. The molecule has 1 fully saturated rings. The standard InChI is InChI=1S/C36H33NO3/c38-36(40-24-35-33-18-6-4-16-31(33)32-17-5-7-19-34(32)35)37-28-13-9-14-29(37)21-27(20-28)26-12-8-15-30(22-26)39-23-25-10-2-1-3-11-25/h1-8,10-12,15-20,22,28-29,35H,9,13-14,21,23-24H2. The third kappa shape index (κ3) is 4.68. The average Bonchev–Trinajstić information content (AvgIpc) is 3.32. The molecule has 200 valence electrons. The Balaban J connectivity index is 1.06. The van der Waals surface area contributed by atoms with E-state index in [1.54, 1.807) is 0 Å². The maximum absolute atomic E-state index is 13.6. The van der Waals surface area contributed by atoms with Crippen LogP contribution in [-0.2, 0) is 11.3 Å². The van der Waals surface area contributed by atoms with Crippen molar-refractivity contribution in [3.8, 4) is 16.9 Å². The van der Waals surface area contributed by atoms with Crippen molar-refractivity contribution in [1.29, 1.82) is 0 Å². The molecule has 4 aromatic carbocycles. The molecule has 0 radical (unpaired) electrons. The van der Waals surface area contributed by atoms with E-state index in [1.807, 2.05) is 29.2 Å². The van der Waals surface area contributed by atoms with Crippen molar-refractivity contribution in [2.75, 3.05) is 6.61 Å². The predicted molar refractivity (Wildman–Crippen MR) is 158 cm³/mol. The molecule has 1 aliphatic carbocycles. The summed E-state index contributed by atoms with van der Waals surface area (Å²) < 4.78 is 12.2. The highest BCUT2D eigenvalue weighted by atomic mass is 16.6. The predicted octanol–water partition coefficient (Wildman–Crippen LogP) is 8.22. The number of rotatable bonds is 6. The van der Waals surface area contributed by atoms with E-state index in [0.717, 1.165) is 37.0 Å². The van der Waals surface area contributed by atoms with E-state index in [9.17, 15) is 4.79 Å². The number of benzene rings is 4. The molecule has 1 amide bonds. The van der Waals surface area contributed by atoms with Gasteiger partial charge in [0.15, 0.2) is 0 Å². The number of ether oxygens (including phenoxy) is 2. The van der Waals surface area contributed by atoms with Crippen LogP contribution >= 0.6 is 0 Å². The van der Waals surface area contributed by atoms with Crippen LogP contribution in [0.1, 0.15) is 53.9 Å². The normalized spacial score (nSPS) is 19.4. The number of amides is 1. The van der Waals surface area contributed by atoms with Crippen LogP contribution in [0.25, 0.3) is 16.7 Å². The first kappa shape index (κ1) is 24.7. The Morgan fingerprint density at radius 1 is 0.800 bits per heavy atom. The third-order valence-electron chi connectivity index (χ3n) is 8.64. The summed E-state index contributed by atoms with van der Waals surface area (Å²) in [6.07, 6.45) is 6.03. The van der Waals surface area contributed by atoms with Gasteiger partial charge in [-0.15, -0.1) is 0 Å². The molecule has 2 heterocycles. The van der Waals surface area contributed by atoms with Gasteiger partial charge in [-0.3, -0.25) is 4.90 Å². The smallest absolute Gasteiger partial charge is 0.410 e. The Morgan fingerprint density at radius 3 is 2.27 bits per heavy atom. The molecule has 7 rings (SSSR count). The summed E-state index contributed by atoms with van der Waals surface area (Å²) in [5, 5.41) is 0. The molecule has 0 aromatic heterocycles. The zero-order chi connectivity index (χ0) is 26.9. The van der Waals surface area contributed by atoms with Gasteiger partial charge < -0.3 is 9.47 Å². The minimum Gasteiger partial charge on any atom is -0.489 e. The highest BCUT2D eigenvalue weighted by Gasteiger charge is 2.39. The first-order valence-corrected chi connectivity index (χ1v) is 14.4. The third-order valence-corrected chi connectivity index (χ3v) is 8.64. The van der Waals surface area contributed by atoms with Crippen LogP contribution in [0.5, 0.6) is 5.75 Å². The first-order chi connectivity index (χ1) is 19.7. The van der Waals surface area contributed by atoms with Crippen LogP contribution in [0.15, 0.2) is 109 Å². The van der Waals surface area contributed by atoms with Gasteiger partial charge in [-0.05, 0) is 76.8 Å². The van der Waals surface area contributed by atoms with Crippen LogP contribution in [0.4, 0.5) is 4.79 Å².